The van der Waals surface area contributed by atoms with Gasteiger partial charge in [-0.25, -0.2) is 0 Å². The van der Waals surface area contributed by atoms with Crippen LogP contribution in [0, 0.1) is 12.8 Å². The van der Waals surface area contributed by atoms with E-state index in [0.29, 0.717) is 6.04 Å². The van der Waals surface area contributed by atoms with Crippen LogP contribution in [0.2, 0.25) is 0 Å². The highest BCUT2D eigenvalue weighted by molar-refractivity contribution is 9.10. The van der Waals surface area contributed by atoms with Crippen molar-refractivity contribution in [1.29, 1.82) is 0 Å². The van der Waals surface area contributed by atoms with E-state index >= 15 is 0 Å². The molecule has 1 N–H and O–H groups in total. The fraction of sp³-hybridized carbons (Fsp3) is 0.692. The average Bonchev–Trinajstić information content (AvgIpc) is 2.80. The molecule has 2 unspecified atom stereocenters. The summed E-state index contributed by atoms with van der Waals surface area (Å²) in [5.74, 6) is 0.755. The molecule has 2 heterocycles. The zero-order valence-electron chi connectivity index (χ0n) is 10.8. The summed E-state index contributed by atoms with van der Waals surface area (Å²) in [6.45, 7) is 7.79. The maximum absolute atomic E-state index is 3.63. The number of nitrogens with one attached hydrogen (secondary N) is 1. The molecule has 96 valence electrons. The zero-order chi connectivity index (χ0) is 12.4. The first kappa shape index (κ1) is 13.5. The first-order chi connectivity index (χ1) is 8.13. The van der Waals surface area contributed by atoms with E-state index in [-0.39, 0.29) is 0 Å². The van der Waals surface area contributed by atoms with Gasteiger partial charge in [-0.2, -0.15) is 0 Å². The van der Waals surface area contributed by atoms with Gasteiger partial charge in [0.25, 0.3) is 0 Å². The van der Waals surface area contributed by atoms with Crippen molar-refractivity contribution < 1.29 is 0 Å². The molecule has 17 heavy (non-hydrogen) atoms. The highest BCUT2D eigenvalue weighted by Gasteiger charge is 2.33. The van der Waals surface area contributed by atoms with Crippen LogP contribution in [-0.4, -0.2) is 31.6 Å². The Kier molecular flexibility index (Phi) is 4.64. The van der Waals surface area contributed by atoms with Crippen LogP contribution in [-0.2, 0) is 0 Å². The molecule has 1 aromatic heterocycles. The molecule has 0 radical (unpaired) electrons. The Bertz CT molecular complexity index is 358. The second kappa shape index (κ2) is 5.83. The fourth-order valence-electron chi connectivity index (χ4n) is 2.65. The van der Waals surface area contributed by atoms with Crippen molar-refractivity contribution >= 4 is 27.3 Å². The zero-order valence-corrected chi connectivity index (χ0v) is 13.2. The van der Waals surface area contributed by atoms with Crippen molar-refractivity contribution in [3.63, 3.8) is 0 Å². The monoisotopic (exact) mass is 316 g/mol. The number of nitrogens with zero attached hydrogens (tertiary/aromatic N) is 1. The third-order valence-corrected chi connectivity index (χ3v) is 5.81. The molecule has 2 atom stereocenters. The van der Waals surface area contributed by atoms with E-state index in [9.17, 15) is 0 Å². The minimum absolute atomic E-state index is 0.601. The Morgan fingerprint density at radius 1 is 1.59 bits per heavy atom. The van der Waals surface area contributed by atoms with E-state index in [2.05, 4.69) is 53.1 Å². The summed E-state index contributed by atoms with van der Waals surface area (Å²) in [5.41, 5.74) is 0. The van der Waals surface area contributed by atoms with Crippen LogP contribution in [0.4, 0.5) is 0 Å². The molecule has 0 spiro atoms. The summed E-state index contributed by atoms with van der Waals surface area (Å²) in [6.07, 6.45) is 1.31. The number of hydrogen-bond donors (Lipinski definition) is 1. The standard InChI is InChI=1S/C13H21BrN2S/c1-4-15-8-10-5-6-16(3)13(10)12-7-11(14)9(2)17-12/h7,10,13,15H,4-6,8H2,1-3H3. The van der Waals surface area contributed by atoms with Crippen LogP contribution >= 0.6 is 27.3 Å². The predicted octanol–water partition coefficient (Wildman–Crippen LogP) is 3.42. The number of aryl methyl sites for hydroxylation is 1. The number of hydrogen-bond acceptors (Lipinski definition) is 3. The number of rotatable bonds is 4. The van der Waals surface area contributed by atoms with Crippen molar-refractivity contribution in [3.05, 3.63) is 20.3 Å². The Hall–Kier alpha value is 0.1000. The summed E-state index contributed by atoms with van der Waals surface area (Å²) < 4.78 is 1.26. The highest BCUT2D eigenvalue weighted by atomic mass is 79.9. The molecule has 1 aliphatic rings. The molecule has 1 aliphatic heterocycles. The summed E-state index contributed by atoms with van der Waals surface area (Å²) in [7, 11) is 2.25. The summed E-state index contributed by atoms with van der Waals surface area (Å²) in [6, 6.07) is 2.91. The maximum Gasteiger partial charge on any atom is 0.0479 e. The van der Waals surface area contributed by atoms with Gasteiger partial charge in [0, 0.05) is 20.3 Å². The summed E-state index contributed by atoms with van der Waals surface area (Å²) in [5, 5.41) is 3.50. The molecular formula is C13H21BrN2S. The molecule has 0 aliphatic carbocycles. The third-order valence-electron chi connectivity index (χ3n) is 3.60. The van der Waals surface area contributed by atoms with E-state index in [4.69, 9.17) is 0 Å². The molecule has 2 nitrogen and oxygen atoms in total. The second-order valence-electron chi connectivity index (χ2n) is 4.83. The van der Waals surface area contributed by atoms with Gasteiger partial charge in [0.2, 0.25) is 0 Å². The molecule has 4 heteroatoms. The average molecular weight is 317 g/mol. The SMILES string of the molecule is CCNCC1CCN(C)C1c1cc(Br)c(C)s1. The molecule has 0 saturated carbocycles. The largest absolute Gasteiger partial charge is 0.317 e. The second-order valence-corrected chi connectivity index (χ2v) is 6.98. The molecule has 0 aromatic carbocycles. The number of likely N-dealkylation sites (tertiary alicyclic amines) is 1. The topological polar surface area (TPSA) is 15.3 Å². The molecular weight excluding hydrogens is 296 g/mol. The predicted molar refractivity (Wildman–Crippen MR) is 78.8 cm³/mol. The molecule has 1 aromatic rings. The lowest BCUT2D eigenvalue weighted by atomic mass is 9.99. The van der Waals surface area contributed by atoms with E-state index < -0.39 is 0 Å². The van der Waals surface area contributed by atoms with Crippen LogP contribution in [0.15, 0.2) is 10.5 Å². The minimum atomic E-state index is 0.601. The fourth-order valence-corrected chi connectivity index (χ4v) is 4.47. The van der Waals surface area contributed by atoms with Crippen LogP contribution in [0.5, 0.6) is 0 Å². The van der Waals surface area contributed by atoms with Crippen molar-refractivity contribution in [2.75, 3.05) is 26.7 Å². The smallest absolute Gasteiger partial charge is 0.0479 e. The molecule has 1 fully saturated rings. The van der Waals surface area contributed by atoms with E-state index in [0.717, 1.165) is 19.0 Å². The van der Waals surface area contributed by atoms with Crippen molar-refractivity contribution in [2.45, 2.75) is 26.3 Å². The van der Waals surface area contributed by atoms with Gasteiger partial charge in [0.15, 0.2) is 0 Å². The Morgan fingerprint density at radius 2 is 2.35 bits per heavy atom. The first-order valence-electron chi connectivity index (χ1n) is 6.30. The van der Waals surface area contributed by atoms with Gasteiger partial charge in [0.05, 0.1) is 0 Å². The van der Waals surface area contributed by atoms with Crippen LogP contribution in [0.3, 0.4) is 0 Å². The molecule has 0 amide bonds. The maximum atomic E-state index is 3.63. The van der Waals surface area contributed by atoms with Gasteiger partial charge in [-0.1, -0.05) is 6.92 Å². The van der Waals surface area contributed by atoms with Crippen molar-refractivity contribution in [2.24, 2.45) is 5.92 Å². The Morgan fingerprint density at radius 3 is 2.94 bits per heavy atom. The van der Waals surface area contributed by atoms with Crippen molar-refractivity contribution in [3.8, 4) is 0 Å². The van der Waals surface area contributed by atoms with Gasteiger partial charge in [-0.05, 0) is 67.9 Å². The lowest BCUT2D eigenvalue weighted by molar-refractivity contribution is 0.277. The quantitative estimate of drug-likeness (QED) is 0.915. The van der Waals surface area contributed by atoms with Gasteiger partial charge >= 0.3 is 0 Å². The summed E-state index contributed by atoms with van der Waals surface area (Å²) in [4.78, 5) is 5.40. The number of halogens is 1. The van der Waals surface area contributed by atoms with Crippen LogP contribution in [0.1, 0.15) is 29.1 Å². The van der Waals surface area contributed by atoms with Crippen LogP contribution in [0.25, 0.3) is 0 Å². The third kappa shape index (κ3) is 2.92. The molecule has 2 rings (SSSR count). The van der Waals surface area contributed by atoms with Gasteiger partial charge < -0.3 is 5.32 Å². The first-order valence-corrected chi connectivity index (χ1v) is 7.91. The van der Waals surface area contributed by atoms with E-state index in [1.54, 1.807) is 0 Å². The Balaban J connectivity index is 2.15. The molecule has 0 bridgehead atoms. The summed E-state index contributed by atoms with van der Waals surface area (Å²) >= 11 is 5.57. The lowest BCUT2D eigenvalue weighted by Crippen LogP contribution is -2.27. The van der Waals surface area contributed by atoms with E-state index in [1.165, 1.54) is 27.2 Å². The van der Waals surface area contributed by atoms with Gasteiger partial charge in [0.1, 0.15) is 0 Å². The highest BCUT2D eigenvalue weighted by Crippen LogP contribution is 2.41. The van der Waals surface area contributed by atoms with Gasteiger partial charge in [-0.3, -0.25) is 4.90 Å². The van der Waals surface area contributed by atoms with Crippen molar-refractivity contribution in [1.82, 2.24) is 10.2 Å². The lowest BCUT2D eigenvalue weighted by Gasteiger charge is -2.24. The normalized spacial score (nSPS) is 25.6. The van der Waals surface area contributed by atoms with E-state index in [1.807, 2.05) is 11.3 Å². The van der Waals surface area contributed by atoms with Gasteiger partial charge in [-0.15, -0.1) is 11.3 Å². The minimum Gasteiger partial charge on any atom is -0.317 e. The number of thiophene rings is 1. The molecule has 1 saturated heterocycles. The Labute approximate surface area is 117 Å². The van der Waals surface area contributed by atoms with Crippen LogP contribution < -0.4 is 5.32 Å².